The number of ether oxygens (including phenoxy) is 2. The third-order valence-electron chi connectivity index (χ3n) is 7.73. The molecule has 0 saturated carbocycles. The number of hydrogen-bond donors (Lipinski definition) is 2. The van der Waals surface area contributed by atoms with E-state index in [4.69, 9.17) is 9.47 Å². The van der Waals surface area contributed by atoms with Crippen LogP contribution in [0, 0.1) is 17.8 Å². The zero-order valence-corrected chi connectivity index (χ0v) is 20.8. The number of aliphatic hydroxyl groups is 1. The van der Waals surface area contributed by atoms with E-state index in [1.807, 2.05) is 65.0 Å². The molecule has 4 rings (SSSR count). The predicted octanol–water partition coefficient (Wildman–Crippen LogP) is 2.21. The third kappa shape index (κ3) is 3.53. The fourth-order valence-electron chi connectivity index (χ4n) is 6.37. The third-order valence-corrected chi connectivity index (χ3v) is 7.73. The zero-order valence-electron chi connectivity index (χ0n) is 20.8. The van der Waals surface area contributed by atoms with Gasteiger partial charge in [0.15, 0.2) is 0 Å². The summed E-state index contributed by atoms with van der Waals surface area (Å²) in [6.45, 7) is 11.0. The molecule has 2 N–H and O–H groups in total. The van der Waals surface area contributed by atoms with Gasteiger partial charge in [-0.1, -0.05) is 37.3 Å². The van der Waals surface area contributed by atoms with Gasteiger partial charge in [-0.2, -0.15) is 0 Å². The highest BCUT2D eigenvalue weighted by Crippen LogP contribution is 2.66. The molecule has 186 valence electrons. The summed E-state index contributed by atoms with van der Waals surface area (Å²) in [5, 5.41) is 13.4. The van der Waals surface area contributed by atoms with Gasteiger partial charge in [0.05, 0.1) is 30.8 Å². The van der Waals surface area contributed by atoms with E-state index < -0.39 is 46.6 Å². The maximum Gasteiger partial charge on any atom is 0.312 e. The molecule has 3 heterocycles. The van der Waals surface area contributed by atoms with Gasteiger partial charge in [-0.25, -0.2) is 0 Å². The average Bonchev–Trinajstić information content (AvgIpc) is 3.26. The minimum atomic E-state index is -1.18. The first kappa shape index (κ1) is 24.7. The van der Waals surface area contributed by atoms with Crippen LogP contribution in [0.4, 0.5) is 0 Å². The smallest absolute Gasteiger partial charge is 0.312 e. The Balaban J connectivity index is 1.87. The SMILES string of the molecule is CCOC(=O)[C@H]1[C@H]2C(=O)N([C@H](CO)c3ccccc3)C(C(=O)NC(C)(C)C)C23CC(C)[C@]1(C)O3. The van der Waals surface area contributed by atoms with Gasteiger partial charge in [0.1, 0.15) is 17.6 Å². The van der Waals surface area contributed by atoms with Crippen LogP contribution in [0.5, 0.6) is 0 Å². The number of esters is 1. The summed E-state index contributed by atoms with van der Waals surface area (Å²) in [6, 6.07) is 7.41. The van der Waals surface area contributed by atoms with Gasteiger partial charge in [0.25, 0.3) is 0 Å². The highest BCUT2D eigenvalue weighted by atomic mass is 16.6. The second-order valence-corrected chi connectivity index (χ2v) is 11.0. The highest BCUT2D eigenvalue weighted by molar-refractivity contribution is 5.99. The Bertz CT molecular complexity index is 975. The molecule has 2 bridgehead atoms. The molecule has 0 aliphatic carbocycles. The molecule has 1 spiro atoms. The van der Waals surface area contributed by atoms with E-state index in [0.29, 0.717) is 12.0 Å². The van der Waals surface area contributed by atoms with Gasteiger partial charge >= 0.3 is 5.97 Å². The van der Waals surface area contributed by atoms with E-state index in [1.54, 1.807) is 6.92 Å². The van der Waals surface area contributed by atoms with Gasteiger partial charge in [0.2, 0.25) is 11.8 Å². The normalized spacial score (nSPS) is 35.3. The van der Waals surface area contributed by atoms with Gasteiger partial charge in [-0.05, 0) is 52.5 Å². The number of nitrogens with one attached hydrogen (secondary N) is 1. The number of amides is 2. The molecule has 3 unspecified atom stereocenters. The minimum absolute atomic E-state index is 0.0693. The molecule has 1 aromatic carbocycles. The highest BCUT2D eigenvalue weighted by Gasteiger charge is 2.80. The molecule has 3 saturated heterocycles. The lowest BCUT2D eigenvalue weighted by molar-refractivity contribution is -0.162. The molecule has 0 aromatic heterocycles. The van der Waals surface area contributed by atoms with Crippen LogP contribution in [-0.4, -0.2) is 63.8 Å². The molecule has 7 atom stereocenters. The van der Waals surface area contributed by atoms with Crippen LogP contribution in [0.2, 0.25) is 0 Å². The Morgan fingerprint density at radius 1 is 1.29 bits per heavy atom. The van der Waals surface area contributed by atoms with E-state index in [0.717, 1.165) is 0 Å². The number of carbonyl (C=O) groups is 3. The summed E-state index contributed by atoms with van der Waals surface area (Å²) >= 11 is 0. The monoisotopic (exact) mass is 472 g/mol. The molecule has 3 aliphatic heterocycles. The van der Waals surface area contributed by atoms with Crippen molar-refractivity contribution in [3.8, 4) is 0 Å². The summed E-state index contributed by atoms with van der Waals surface area (Å²) in [7, 11) is 0. The van der Waals surface area contributed by atoms with Gasteiger partial charge in [-0.15, -0.1) is 0 Å². The van der Waals surface area contributed by atoms with Crippen molar-refractivity contribution in [2.45, 2.75) is 76.8 Å². The van der Waals surface area contributed by atoms with Crippen LogP contribution in [-0.2, 0) is 23.9 Å². The lowest BCUT2D eigenvalue weighted by Gasteiger charge is -2.38. The van der Waals surface area contributed by atoms with Crippen molar-refractivity contribution < 1.29 is 29.0 Å². The van der Waals surface area contributed by atoms with Crippen LogP contribution in [0.25, 0.3) is 0 Å². The van der Waals surface area contributed by atoms with E-state index in [-0.39, 0.29) is 30.9 Å². The van der Waals surface area contributed by atoms with Crippen molar-refractivity contribution in [1.29, 1.82) is 0 Å². The van der Waals surface area contributed by atoms with Gasteiger partial charge in [-0.3, -0.25) is 14.4 Å². The summed E-state index contributed by atoms with van der Waals surface area (Å²) in [6.07, 6.45) is 0.460. The van der Waals surface area contributed by atoms with E-state index in [9.17, 15) is 19.5 Å². The molecule has 0 radical (unpaired) electrons. The largest absolute Gasteiger partial charge is 0.466 e. The van der Waals surface area contributed by atoms with E-state index >= 15 is 0 Å². The lowest BCUT2D eigenvalue weighted by atomic mass is 9.62. The topological polar surface area (TPSA) is 105 Å². The number of carbonyl (C=O) groups excluding carboxylic acids is 3. The number of fused-ring (bicyclic) bond motifs is 1. The molecule has 3 fully saturated rings. The summed E-state index contributed by atoms with van der Waals surface area (Å²) < 4.78 is 12.0. The first-order chi connectivity index (χ1) is 15.9. The van der Waals surface area contributed by atoms with Gasteiger partial charge in [0, 0.05) is 5.54 Å². The number of likely N-dealkylation sites (tertiary alicyclic amines) is 1. The number of benzene rings is 1. The van der Waals surface area contributed by atoms with Crippen LogP contribution in [0.15, 0.2) is 30.3 Å². The summed E-state index contributed by atoms with van der Waals surface area (Å²) in [4.78, 5) is 42.6. The second-order valence-electron chi connectivity index (χ2n) is 11.0. The number of aliphatic hydroxyl groups excluding tert-OH is 1. The Morgan fingerprint density at radius 2 is 1.94 bits per heavy atom. The quantitative estimate of drug-likeness (QED) is 0.615. The van der Waals surface area contributed by atoms with Crippen LogP contribution in [0.1, 0.15) is 59.6 Å². The second kappa shape index (κ2) is 8.34. The molecular weight excluding hydrogens is 436 g/mol. The van der Waals surface area contributed by atoms with Crippen molar-refractivity contribution in [2.75, 3.05) is 13.2 Å². The molecule has 8 heteroatoms. The first-order valence-electron chi connectivity index (χ1n) is 12.1. The zero-order chi connectivity index (χ0) is 25.1. The maximum absolute atomic E-state index is 14.1. The molecule has 34 heavy (non-hydrogen) atoms. The Hall–Kier alpha value is -2.45. The van der Waals surface area contributed by atoms with E-state index in [2.05, 4.69) is 5.32 Å². The number of rotatable bonds is 6. The van der Waals surface area contributed by atoms with E-state index in [1.165, 1.54) is 4.90 Å². The summed E-state index contributed by atoms with van der Waals surface area (Å²) in [5.74, 6) is -2.94. The lowest BCUT2D eigenvalue weighted by Crippen LogP contribution is -2.59. The van der Waals surface area contributed by atoms with Crippen molar-refractivity contribution in [1.82, 2.24) is 10.2 Å². The predicted molar refractivity (Wildman–Crippen MR) is 124 cm³/mol. The standard InChI is InChI=1S/C26H36N2O6/c1-7-33-23(32)19-18-22(31)28(17(14-29)16-11-9-8-10-12-16)20(21(30)27-24(3,4)5)26(18)13-15(2)25(19,6)34-26/h8-12,15,17-20,29H,7,13-14H2,1-6H3,(H,27,30)/t15?,17-,18+,19-,20?,25+,26?/m1/s1. The Morgan fingerprint density at radius 3 is 2.50 bits per heavy atom. The molecule has 8 nitrogen and oxygen atoms in total. The van der Waals surface area contributed by atoms with Crippen molar-refractivity contribution in [3.63, 3.8) is 0 Å². The molecule has 2 amide bonds. The molecule has 1 aromatic rings. The Labute approximate surface area is 201 Å². The fourth-order valence-corrected chi connectivity index (χ4v) is 6.37. The average molecular weight is 473 g/mol. The molecular formula is C26H36N2O6. The Kier molecular flexibility index (Phi) is 6.05. The summed E-state index contributed by atoms with van der Waals surface area (Å²) in [5.41, 5.74) is -1.93. The van der Waals surface area contributed by atoms with Crippen LogP contribution >= 0.6 is 0 Å². The first-order valence-corrected chi connectivity index (χ1v) is 12.1. The minimum Gasteiger partial charge on any atom is -0.466 e. The molecule has 3 aliphatic rings. The van der Waals surface area contributed by atoms with Gasteiger partial charge < -0.3 is 24.8 Å². The van der Waals surface area contributed by atoms with Crippen LogP contribution in [0.3, 0.4) is 0 Å². The van der Waals surface area contributed by atoms with Crippen LogP contribution < -0.4 is 5.32 Å². The number of nitrogens with zero attached hydrogens (tertiary/aromatic N) is 1. The fraction of sp³-hybridized carbons (Fsp3) is 0.654. The maximum atomic E-state index is 14.1. The van der Waals surface area contributed by atoms with Crippen molar-refractivity contribution in [2.24, 2.45) is 17.8 Å². The van der Waals surface area contributed by atoms with Crippen molar-refractivity contribution >= 4 is 17.8 Å². The van der Waals surface area contributed by atoms with Crippen molar-refractivity contribution in [3.05, 3.63) is 35.9 Å². The number of hydrogen-bond acceptors (Lipinski definition) is 6.